The van der Waals surface area contributed by atoms with Gasteiger partial charge in [-0.05, 0) is 58.4 Å². The molecular formula is C16H15Br2NO2S. The highest BCUT2D eigenvalue weighted by Gasteiger charge is 2.30. The Morgan fingerprint density at radius 1 is 1.36 bits per heavy atom. The summed E-state index contributed by atoms with van der Waals surface area (Å²) in [5.41, 5.74) is 0. The number of rotatable bonds is 4. The maximum absolute atomic E-state index is 12.5. The van der Waals surface area contributed by atoms with Gasteiger partial charge in [0.15, 0.2) is 6.61 Å². The second-order valence-corrected chi connectivity index (χ2v) is 7.87. The Labute approximate surface area is 150 Å². The van der Waals surface area contributed by atoms with Crippen molar-refractivity contribution in [3.8, 4) is 5.75 Å². The van der Waals surface area contributed by atoms with Crippen molar-refractivity contribution in [3.63, 3.8) is 0 Å². The summed E-state index contributed by atoms with van der Waals surface area (Å²) in [6, 6.07) is 10.0. The van der Waals surface area contributed by atoms with Gasteiger partial charge in [0.05, 0.1) is 10.5 Å². The predicted octanol–water partition coefficient (Wildman–Crippen LogP) is 5.02. The van der Waals surface area contributed by atoms with Crippen LogP contribution in [-0.2, 0) is 4.79 Å². The fourth-order valence-corrected chi connectivity index (χ4v) is 4.69. The van der Waals surface area contributed by atoms with E-state index in [4.69, 9.17) is 4.74 Å². The summed E-state index contributed by atoms with van der Waals surface area (Å²) in [7, 11) is 0. The number of nitrogens with zero attached hydrogens (tertiary/aromatic N) is 1. The van der Waals surface area contributed by atoms with Crippen molar-refractivity contribution >= 4 is 49.1 Å². The highest BCUT2D eigenvalue weighted by molar-refractivity contribution is 9.11. The van der Waals surface area contributed by atoms with E-state index in [-0.39, 0.29) is 18.6 Å². The quantitative estimate of drug-likeness (QED) is 0.662. The van der Waals surface area contributed by atoms with Gasteiger partial charge >= 0.3 is 0 Å². The van der Waals surface area contributed by atoms with E-state index in [1.165, 1.54) is 4.88 Å². The molecule has 3 rings (SSSR count). The van der Waals surface area contributed by atoms with Crippen LogP contribution in [-0.4, -0.2) is 24.0 Å². The SMILES string of the molecule is O=C(COc1ccc(Br)cc1Br)N1CCC[C@@H]1c1cccs1. The van der Waals surface area contributed by atoms with Gasteiger partial charge in [-0.2, -0.15) is 0 Å². The van der Waals surface area contributed by atoms with Gasteiger partial charge in [-0.3, -0.25) is 4.79 Å². The van der Waals surface area contributed by atoms with Gasteiger partial charge in [0, 0.05) is 15.9 Å². The lowest BCUT2D eigenvalue weighted by Gasteiger charge is -2.24. The van der Waals surface area contributed by atoms with Crippen molar-refractivity contribution in [2.45, 2.75) is 18.9 Å². The van der Waals surface area contributed by atoms with E-state index >= 15 is 0 Å². The largest absolute Gasteiger partial charge is 0.483 e. The first-order valence-electron chi connectivity index (χ1n) is 7.06. The minimum absolute atomic E-state index is 0.0470. The minimum Gasteiger partial charge on any atom is -0.483 e. The summed E-state index contributed by atoms with van der Waals surface area (Å²) in [6.07, 6.45) is 2.09. The highest BCUT2D eigenvalue weighted by atomic mass is 79.9. The van der Waals surface area contributed by atoms with E-state index in [0.717, 1.165) is 28.3 Å². The maximum Gasteiger partial charge on any atom is 0.261 e. The van der Waals surface area contributed by atoms with E-state index in [9.17, 15) is 4.79 Å². The Bertz CT molecular complexity index is 660. The highest BCUT2D eigenvalue weighted by Crippen LogP contribution is 2.34. The first kappa shape index (κ1) is 16.0. The standard InChI is InChI=1S/C16H15Br2NO2S/c17-11-5-6-14(12(18)9-11)21-10-16(20)19-7-1-3-13(19)15-4-2-8-22-15/h2,4-6,8-9,13H,1,3,7,10H2/t13-/m1/s1. The molecule has 0 saturated carbocycles. The first-order chi connectivity index (χ1) is 10.6. The van der Waals surface area contributed by atoms with Crippen molar-refractivity contribution in [1.29, 1.82) is 0 Å². The minimum atomic E-state index is 0.0470. The Morgan fingerprint density at radius 2 is 2.23 bits per heavy atom. The molecule has 1 amide bonds. The van der Waals surface area contributed by atoms with Crippen molar-refractivity contribution in [2.75, 3.05) is 13.2 Å². The smallest absolute Gasteiger partial charge is 0.261 e. The third-order valence-corrected chi connectivity index (χ3v) is 5.78. The maximum atomic E-state index is 12.5. The van der Waals surface area contributed by atoms with E-state index in [0.29, 0.717) is 5.75 Å². The zero-order chi connectivity index (χ0) is 15.5. The number of carbonyl (C=O) groups excluding carboxylic acids is 1. The van der Waals surface area contributed by atoms with Gasteiger partial charge in [-0.25, -0.2) is 0 Å². The zero-order valence-corrected chi connectivity index (χ0v) is 15.8. The molecule has 1 fully saturated rings. The number of amides is 1. The molecule has 3 nitrogen and oxygen atoms in total. The normalized spacial score (nSPS) is 17.7. The summed E-state index contributed by atoms with van der Waals surface area (Å²) in [6.45, 7) is 0.883. The Kier molecular flexibility index (Phi) is 5.21. The number of carbonyl (C=O) groups is 1. The fraction of sp³-hybridized carbons (Fsp3) is 0.312. The van der Waals surface area contributed by atoms with Crippen LogP contribution in [0.3, 0.4) is 0 Å². The second-order valence-electron chi connectivity index (χ2n) is 5.12. The van der Waals surface area contributed by atoms with Gasteiger partial charge in [-0.1, -0.05) is 22.0 Å². The molecule has 1 aliphatic rings. The van der Waals surface area contributed by atoms with Gasteiger partial charge in [-0.15, -0.1) is 11.3 Å². The van der Waals surface area contributed by atoms with Crippen LogP contribution >= 0.6 is 43.2 Å². The first-order valence-corrected chi connectivity index (χ1v) is 9.52. The number of thiophene rings is 1. The Hall–Kier alpha value is -0.850. The molecule has 1 saturated heterocycles. The molecule has 0 unspecified atom stereocenters. The third-order valence-electron chi connectivity index (χ3n) is 3.69. The topological polar surface area (TPSA) is 29.5 Å². The molecule has 22 heavy (non-hydrogen) atoms. The van der Waals surface area contributed by atoms with Crippen LogP contribution < -0.4 is 4.74 Å². The molecule has 2 aromatic rings. The van der Waals surface area contributed by atoms with E-state index < -0.39 is 0 Å². The van der Waals surface area contributed by atoms with Gasteiger partial charge in [0.1, 0.15) is 5.75 Å². The molecule has 0 spiro atoms. The average molecular weight is 445 g/mol. The average Bonchev–Trinajstić information content (AvgIpc) is 3.16. The molecule has 116 valence electrons. The lowest BCUT2D eigenvalue weighted by molar-refractivity contribution is -0.134. The van der Waals surface area contributed by atoms with E-state index in [1.54, 1.807) is 11.3 Å². The van der Waals surface area contributed by atoms with Crippen molar-refractivity contribution < 1.29 is 9.53 Å². The van der Waals surface area contributed by atoms with Crippen molar-refractivity contribution in [1.82, 2.24) is 4.90 Å². The molecule has 0 N–H and O–H groups in total. The summed E-state index contributed by atoms with van der Waals surface area (Å²) in [4.78, 5) is 15.7. The number of hydrogen-bond acceptors (Lipinski definition) is 3. The molecule has 1 aromatic carbocycles. The number of ether oxygens (including phenoxy) is 1. The molecule has 1 aromatic heterocycles. The molecule has 1 atom stereocenters. The van der Waals surface area contributed by atoms with Gasteiger partial charge < -0.3 is 9.64 Å². The van der Waals surface area contributed by atoms with Crippen molar-refractivity contribution in [3.05, 3.63) is 49.5 Å². The molecule has 0 bridgehead atoms. The number of likely N-dealkylation sites (tertiary alicyclic amines) is 1. The van der Waals surface area contributed by atoms with Crippen LogP contribution in [0.25, 0.3) is 0 Å². The molecule has 2 heterocycles. The summed E-state index contributed by atoms with van der Waals surface area (Å²) in [5.74, 6) is 0.731. The zero-order valence-electron chi connectivity index (χ0n) is 11.8. The Balaban J connectivity index is 1.64. The summed E-state index contributed by atoms with van der Waals surface area (Å²) < 4.78 is 7.48. The fourth-order valence-electron chi connectivity index (χ4n) is 2.66. The molecule has 6 heteroatoms. The van der Waals surface area contributed by atoms with Crippen LogP contribution in [0.2, 0.25) is 0 Å². The number of halogens is 2. The lowest BCUT2D eigenvalue weighted by atomic mass is 10.2. The van der Waals surface area contributed by atoms with E-state index in [1.807, 2.05) is 29.2 Å². The lowest BCUT2D eigenvalue weighted by Crippen LogP contribution is -2.34. The second kappa shape index (κ2) is 7.15. The van der Waals surface area contributed by atoms with Crippen LogP contribution in [0.5, 0.6) is 5.75 Å². The molecule has 0 radical (unpaired) electrons. The summed E-state index contributed by atoms with van der Waals surface area (Å²) in [5, 5.41) is 2.06. The monoisotopic (exact) mass is 443 g/mol. The van der Waals surface area contributed by atoms with Crippen LogP contribution in [0.15, 0.2) is 44.7 Å². The van der Waals surface area contributed by atoms with Crippen molar-refractivity contribution in [2.24, 2.45) is 0 Å². The van der Waals surface area contributed by atoms with E-state index in [2.05, 4.69) is 43.3 Å². The summed E-state index contributed by atoms with van der Waals surface area (Å²) >= 11 is 8.56. The van der Waals surface area contributed by atoms with Gasteiger partial charge in [0.25, 0.3) is 5.91 Å². The number of hydrogen-bond donors (Lipinski definition) is 0. The van der Waals surface area contributed by atoms with Gasteiger partial charge in [0.2, 0.25) is 0 Å². The third kappa shape index (κ3) is 3.55. The molecular weight excluding hydrogens is 430 g/mol. The molecule has 0 aliphatic carbocycles. The Morgan fingerprint density at radius 3 is 2.95 bits per heavy atom. The molecule has 1 aliphatic heterocycles. The van der Waals surface area contributed by atoms with Crippen LogP contribution in [0.4, 0.5) is 0 Å². The predicted molar refractivity (Wildman–Crippen MR) is 95.3 cm³/mol. The van der Waals surface area contributed by atoms with Crippen LogP contribution in [0, 0.1) is 0 Å². The van der Waals surface area contributed by atoms with Crippen LogP contribution in [0.1, 0.15) is 23.8 Å². The number of benzene rings is 1.